The van der Waals surface area contributed by atoms with E-state index in [0.29, 0.717) is 11.1 Å². The zero-order valence-corrected chi connectivity index (χ0v) is 8.41. The number of halogens is 2. The first-order chi connectivity index (χ1) is 5.82. The van der Waals surface area contributed by atoms with Crippen molar-refractivity contribution >= 4 is 0 Å². The summed E-state index contributed by atoms with van der Waals surface area (Å²) < 4.78 is 26.5. The SMILES string of the molecule is Cc1cc(F)cc(C(C)(C)C)c1F. The van der Waals surface area contributed by atoms with Crippen LogP contribution >= 0.6 is 0 Å². The quantitative estimate of drug-likeness (QED) is 0.578. The van der Waals surface area contributed by atoms with Gasteiger partial charge < -0.3 is 0 Å². The second-order valence-electron chi connectivity index (χ2n) is 4.33. The van der Waals surface area contributed by atoms with Gasteiger partial charge in [-0.2, -0.15) is 0 Å². The molecule has 0 fully saturated rings. The minimum absolute atomic E-state index is 0.297. The minimum atomic E-state index is -0.371. The molecule has 72 valence electrons. The van der Waals surface area contributed by atoms with E-state index in [1.807, 2.05) is 20.8 Å². The maximum atomic E-state index is 13.5. The molecule has 1 aromatic rings. The van der Waals surface area contributed by atoms with E-state index in [2.05, 4.69) is 0 Å². The van der Waals surface area contributed by atoms with E-state index in [-0.39, 0.29) is 17.0 Å². The van der Waals surface area contributed by atoms with Gasteiger partial charge >= 0.3 is 0 Å². The largest absolute Gasteiger partial charge is 0.207 e. The number of hydrogen-bond donors (Lipinski definition) is 0. The van der Waals surface area contributed by atoms with Crippen molar-refractivity contribution in [3.05, 3.63) is 34.9 Å². The van der Waals surface area contributed by atoms with Gasteiger partial charge in [0.05, 0.1) is 0 Å². The second-order valence-corrected chi connectivity index (χ2v) is 4.33. The summed E-state index contributed by atoms with van der Waals surface area (Å²) in [6.07, 6.45) is 0. The molecule has 0 unspecified atom stereocenters. The normalized spacial score (nSPS) is 11.8. The third-order valence-electron chi connectivity index (χ3n) is 2.03. The summed E-state index contributed by atoms with van der Waals surface area (Å²) in [5.41, 5.74) is 0.451. The van der Waals surface area contributed by atoms with Crippen LogP contribution in [-0.4, -0.2) is 0 Å². The third kappa shape index (κ3) is 2.06. The van der Waals surface area contributed by atoms with Gasteiger partial charge in [0, 0.05) is 0 Å². The maximum Gasteiger partial charge on any atom is 0.130 e. The molecule has 0 aliphatic carbocycles. The van der Waals surface area contributed by atoms with Gasteiger partial charge in [-0.25, -0.2) is 8.78 Å². The molecule has 0 aliphatic rings. The zero-order valence-electron chi connectivity index (χ0n) is 8.41. The van der Waals surface area contributed by atoms with Crippen LogP contribution in [-0.2, 0) is 5.41 Å². The van der Waals surface area contributed by atoms with Crippen LogP contribution in [0.1, 0.15) is 31.9 Å². The lowest BCUT2D eigenvalue weighted by atomic mass is 9.85. The molecule has 0 atom stereocenters. The Labute approximate surface area is 77.6 Å². The molecule has 0 radical (unpaired) electrons. The summed E-state index contributed by atoms with van der Waals surface area (Å²) in [5.74, 6) is -0.669. The summed E-state index contributed by atoms with van der Waals surface area (Å²) in [7, 11) is 0. The Bertz CT molecular complexity index is 322. The Kier molecular flexibility index (Phi) is 2.42. The predicted molar refractivity (Wildman–Crippen MR) is 49.8 cm³/mol. The predicted octanol–water partition coefficient (Wildman–Crippen LogP) is 3.57. The topological polar surface area (TPSA) is 0 Å². The molecule has 0 saturated carbocycles. The van der Waals surface area contributed by atoms with Gasteiger partial charge in [0.25, 0.3) is 0 Å². The fourth-order valence-corrected chi connectivity index (χ4v) is 1.27. The minimum Gasteiger partial charge on any atom is -0.207 e. The van der Waals surface area contributed by atoms with E-state index in [0.717, 1.165) is 0 Å². The van der Waals surface area contributed by atoms with Crippen LogP contribution in [0.25, 0.3) is 0 Å². The van der Waals surface area contributed by atoms with E-state index >= 15 is 0 Å². The molecule has 13 heavy (non-hydrogen) atoms. The standard InChI is InChI=1S/C11H14F2/c1-7-5-8(12)6-9(10(7)13)11(2,3)4/h5-6H,1-4H3. The van der Waals surface area contributed by atoms with Crippen molar-refractivity contribution in [2.24, 2.45) is 0 Å². The first-order valence-corrected chi connectivity index (χ1v) is 4.28. The van der Waals surface area contributed by atoms with E-state index < -0.39 is 0 Å². The number of benzene rings is 1. The Morgan fingerprint density at radius 2 is 1.62 bits per heavy atom. The first kappa shape index (κ1) is 10.2. The highest BCUT2D eigenvalue weighted by atomic mass is 19.1. The smallest absolute Gasteiger partial charge is 0.130 e. The Balaban J connectivity index is 3.37. The number of aryl methyl sites for hydroxylation is 1. The molecule has 0 aliphatic heterocycles. The molecule has 0 bridgehead atoms. The number of hydrogen-bond acceptors (Lipinski definition) is 0. The van der Waals surface area contributed by atoms with E-state index in [1.165, 1.54) is 12.1 Å². The van der Waals surface area contributed by atoms with Crippen molar-refractivity contribution in [1.29, 1.82) is 0 Å². The molecule has 1 rings (SSSR count). The average Bonchev–Trinajstić information content (AvgIpc) is 1.94. The molecule has 0 saturated heterocycles. The average molecular weight is 184 g/mol. The van der Waals surface area contributed by atoms with Crippen LogP contribution < -0.4 is 0 Å². The monoisotopic (exact) mass is 184 g/mol. The molecule has 0 heterocycles. The molecule has 2 heteroatoms. The van der Waals surface area contributed by atoms with Gasteiger partial charge in [-0.15, -0.1) is 0 Å². The van der Waals surface area contributed by atoms with E-state index in [9.17, 15) is 8.78 Å². The maximum absolute atomic E-state index is 13.5. The van der Waals surface area contributed by atoms with Crippen molar-refractivity contribution < 1.29 is 8.78 Å². The summed E-state index contributed by atoms with van der Waals surface area (Å²) in [6.45, 7) is 7.17. The van der Waals surface area contributed by atoms with Gasteiger partial charge in [-0.05, 0) is 35.6 Å². The van der Waals surface area contributed by atoms with E-state index in [4.69, 9.17) is 0 Å². The van der Waals surface area contributed by atoms with Crippen LogP contribution in [0, 0.1) is 18.6 Å². The lowest BCUT2D eigenvalue weighted by molar-refractivity contribution is 0.506. The molecule has 0 nitrogen and oxygen atoms in total. The molecule has 1 aromatic carbocycles. The third-order valence-corrected chi connectivity index (χ3v) is 2.03. The van der Waals surface area contributed by atoms with Crippen LogP contribution in [0.5, 0.6) is 0 Å². The van der Waals surface area contributed by atoms with Crippen molar-refractivity contribution in [3.63, 3.8) is 0 Å². The van der Waals surface area contributed by atoms with E-state index in [1.54, 1.807) is 6.92 Å². The lowest BCUT2D eigenvalue weighted by Crippen LogP contribution is -2.14. The van der Waals surface area contributed by atoms with Crippen molar-refractivity contribution in [1.82, 2.24) is 0 Å². The summed E-state index contributed by atoms with van der Waals surface area (Å²) in [6, 6.07) is 2.48. The lowest BCUT2D eigenvalue weighted by Gasteiger charge is -2.20. The molecule has 0 amide bonds. The molecule has 0 N–H and O–H groups in total. The first-order valence-electron chi connectivity index (χ1n) is 4.28. The van der Waals surface area contributed by atoms with Crippen molar-refractivity contribution in [2.75, 3.05) is 0 Å². The molecule has 0 aromatic heterocycles. The Morgan fingerprint density at radius 1 is 1.08 bits per heavy atom. The number of rotatable bonds is 0. The van der Waals surface area contributed by atoms with Crippen molar-refractivity contribution in [2.45, 2.75) is 33.1 Å². The van der Waals surface area contributed by atoms with Gasteiger partial charge in [0.15, 0.2) is 0 Å². The summed E-state index contributed by atoms with van der Waals surface area (Å²) in [4.78, 5) is 0. The molecular formula is C11H14F2. The molecular weight excluding hydrogens is 170 g/mol. The van der Waals surface area contributed by atoms with Crippen molar-refractivity contribution in [3.8, 4) is 0 Å². The van der Waals surface area contributed by atoms with Gasteiger partial charge in [-0.3, -0.25) is 0 Å². The van der Waals surface area contributed by atoms with Gasteiger partial charge in [-0.1, -0.05) is 20.8 Å². The highest BCUT2D eigenvalue weighted by Crippen LogP contribution is 2.27. The van der Waals surface area contributed by atoms with Gasteiger partial charge in [0.1, 0.15) is 11.6 Å². The van der Waals surface area contributed by atoms with Crippen LogP contribution in [0.15, 0.2) is 12.1 Å². The summed E-state index contributed by atoms with van der Waals surface area (Å²) in [5, 5.41) is 0. The van der Waals surface area contributed by atoms with Gasteiger partial charge in [0.2, 0.25) is 0 Å². The van der Waals surface area contributed by atoms with Crippen LogP contribution in [0.2, 0.25) is 0 Å². The summed E-state index contributed by atoms with van der Waals surface area (Å²) >= 11 is 0. The second kappa shape index (κ2) is 3.09. The zero-order chi connectivity index (χ0) is 10.2. The highest BCUT2D eigenvalue weighted by Gasteiger charge is 2.20. The Hall–Kier alpha value is -0.920. The fraction of sp³-hybridized carbons (Fsp3) is 0.455. The molecule has 0 spiro atoms. The van der Waals surface area contributed by atoms with Crippen LogP contribution in [0.4, 0.5) is 8.78 Å². The van der Waals surface area contributed by atoms with Crippen LogP contribution in [0.3, 0.4) is 0 Å². The highest BCUT2D eigenvalue weighted by molar-refractivity contribution is 5.30. The fourth-order valence-electron chi connectivity index (χ4n) is 1.27. The Morgan fingerprint density at radius 3 is 2.08 bits per heavy atom.